The van der Waals surface area contributed by atoms with E-state index in [1.807, 2.05) is 39.0 Å². The molecule has 0 bridgehead atoms. The summed E-state index contributed by atoms with van der Waals surface area (Å²) in [6.45, 7) is 5.55. The van der Waals surface area contributed by atoms with Crippen LogP contribution in [0.4, 0.5) is 5.69 Å². The predicted octanol–water partition coefficient (Wildman–Crippen LogP) is 4.65. The number of hydrogen-bond donors (Lipinski definition) is 1. The Morgan fingerprint density at radius 3 is 2.03 bits per heavy atom. The van der Waals surface area contributed by atoms with Crippen molar-refractivity contribution in [3.63, 3.8) is 0 Å². The Hall–Kier alpha value is -2.34. The molecule has 0 radical (unpaired) electrons. The van der Waals surface area contributed by atoms with E-state index in [-0.39, 0.29) is 23.4 Å². The van der Waals surface area contributed by atoms with Gasteiger partial charge in [0.15, 0.2) is 0 Å². The van der Waals surface area contributed by atoms with Crippen LogP contribution in [0.25, 0.3) is 0 Å². The third-order valence-corrected chi connectivity index (χ3v) is 7.40. The zero-order valence-electron chi connectivity index (χ0n) is 18.1. The summed E-state index contributed by atoms with van der Waals surface area (Å²) in [4.78, 5) is 13.1. The Bertz CT molecular complexity index is 956. The molecule has 1 amide bonds. The molecule has 0 unspecified atom stereocenters. The van der Waals surface area contributed by atoms with Crippen molar-refractivity contribution in [3.05, 3.63) is 59.2 Å². The molecule has 3 rings (SSSR count). The molecule has 0 aliphatic heterocycles. The zero-order chi connectivity index (χ0) is 21.7. The van der Waals surface area contributed by atoms with E-state index in [2.05, 4.69) is 5.32 Å². The number of hydrogen-bond acceptors (Lipinski definition) is 3. The lowest BCUT2D eigenvalue weighted by Gasteiger charge is -2.26. The number of aryl methyl sites for hydroxylation is 3. The summed E-state index contributed by atoms with van der Waals surface area (Å²) in [5.74, 6) is -0.253. The van der Waals surface area contributed by atoms with Gasteiger partial charge in [-0.05, 0) is 69.0 Å². The van der Waals surface area contributed by atoms with Gasteiger partial charge in [0.1, 0.15) is 6.54 Å². The van der Waals surface area contributed by atoms with E-state index in [1.165, 1.54) is 17.1 Å². The minimum atomic E-state index is -3.87. The van der Waals surface area contributed by atoms with Gasteiger partial charge in [0.25, 0.3) is 10.0 Å². The maximum atomic E-state index is 13.5. The topological polar surface area (TPSA) is 66.5 Å². The average molecular weight is 429 g/mol. The lowest BCUT2D eigenvalue weighted by atomic mass is 10.1. The van der Waals surface area contributed by atoms with Crippen molar-refractivity contribution < 1.29 is 13.2 Å². The molecule has 0 spiro atoms. The van der Waals surface area contributed by atoms with Crippen molar-refractivity contribution in [2.24, 2.45) is 0 Å². The molecule has 1 aliphatic rings. The Kier molecular flexibility index (Phi) is 7.19. The largest absolute Gasteiger partial charge is 0.352 e. The van der Waals surface area contributed by atoms with Crippen molar-refractivity contribution in [2.45, 2.75) is 70.2 Å². The number of nitrogens with one attached hydrogen (secondary N) is 1. The van der Waals surface area contributed by atoms with Gasteiger partial charge < -0.3 is 5.32 Å². The highest BCUT2D eigenvalue weighted by molar-refractivity contribution is 7.92. The molecule has 2 aromatic rings. The molecular weight excluding hydrogens is 396 g/mol. The first-order valence-corrected chi connectivity index (χ1v) is 12.2. The van der Waals surface area contributed by atoms with Gasteiger partial charge >= 0.3 is 0 Å². The van der Waals surface area contributed by atoms with E-state index in [0.717, 1.165) is 42.4 Å². The number of benzene rings is 2. The van der Waals surface area contributed by atoms with Gasteiger partial charge in [-0.2, -0.15) is 0 Å². The Morgan fingerprint density at radius 1 is 0.900 bits per heavy atom. The van der Waals surface area contributed by atoms with Crippen molar-refractivity contribution in [1.29, 1.82) is 0 Å². The minimum absolute atomic E-state index is 0.128. The van der Waals surface area contributed by atoms with E-state index < -0.39 is 10.0 Å². The molecule has 2 aromatic carbocycles. The molecule has 1 fully saturated rings. The molecule has 1 saturated carbocycles. The van der Waals surface area contributed by atoms with Crippen LogP contribution in [0.1, 0.15) is 55.2 Å². The summed E-state index contributed by atoms with van der Waals surface area (Å²) in [6.07, 6.45) is 6.52. The van der Waals surface area contributed by atoms with Crippen LogP contribution in [0.15, 0.2) is 47.4 Å². The van der Waals surface area contributed by atoms with E-state index in [0.29, 0.717) is 5.69 Å². The maximum absolute atomic E-state index is 13.5. The van der Waals surface area contributed by atoms with Crippen LogP contribution < -0.4 is 9.62 Å². The second-order valence-corrected chi connectivity index (χ2v) is 10.3. The Balaban J connectivity index is 1.91. The number of nitrogens with zero attached hydrogens (tertiary/aromatic N) is 1. The minimum Gasteiger partial charge on any atom is -0.352 e. The third kappa shape index (κ3) is 5.63. The standard InChI is InChI=1S/C24H32N2O3S/c1-18-10-12-23(13-11-18)30(28,29)26(22-15-19(2)14-20(3)16-22)17-24(27)25-21-8-6-4-5-7-9-21/h10-16,21H,4-9,17H2,1-3H3,(H,25,27). The highest BCUT2D eigenvalue weighted by atomic mass is 32.2. The molecule has 1 N–H and O–H groups in total. The summed E-state index contributed by atoms with van der Waals surface area (Å²) < 4.78 is 28.2. The first-order valence-electron chi connectivity index (χ1n) is 10.7. The van der Waals surface area contributed by atoms with Crippen molar-refractivity contribution in [2.75, 3.05) is 10.8 Å². The molecule has 30 heavy (non-hydrogen) atoms. The summed E-state index contributed by atoms with van der Waals surface area (Å²) in [5.41, 5.74) is 3.42. The SMILES string of the molecule is Cc1ccc(S(=O)(=O)N(CC(=O)NC2CCCCCC2)c2cc(C)cc(C)c2)cc1. The number of amides is 1. The second kappa shape index (κ2) is 9.65. The van der Waals surface area contributed by atoms with Crippen LogP contribution >= 0.6 is 0 Å². The van der Waals surface area contributed by atoms with E-state index in [9.17, 15) is 13.2 Å². The normalized spacial score (nSPS) is 15.4. The molecule has 0 heterocycles. The lowest BCUT2D eigenvalue weighted by molar-refractivity contribution is -0.120. The van der Waals surface area contributed by atoms with Crippen LogP contribution in [0.2, 0.25) is 0 Å². The number of rotatable bonds is 6. The smallest absolute Gasteiger partial charge is 0.264 e. The lowest BCUT2D eigenvalue weighted by Crippen LogP contribution is -2.44. The molecule has 6 heteroatoms. The van der Waals surface area contributed by atoms with Crippen LogP contribution in [-0.4, -0.2) is 26.9 Å². The van der Waals surface area contributed by atoms with Crippen LogP contribution in [0.3, 0.4) is 0 Å². The van der Waals surface area contributed by atoms with Gasteiger partial charge in [0.05, 0.1) is 10.6 Å². The molecule has 162 valence electrons. The molecule has 0 aromatic heterocycles. The molecule has 0 atom stereocenters. The van der Waals surface area contributed by atoms with Crippen molar-refractivity contribution in [3.8, 4) is 0 Å². The van der Waals surface area contributed by atoms with Gasteiger partial charge in [-0.3, -0.25) is 9.10 Å². The van der Waals surface area contributed by atoms with E-state index in [4.69, 9.17) is 0 Å². The maximum Gasteiger partial charge on any atom is 0.264 e. The molecule has 0 saturated heterocycles. The summed E-state index contributed by atoms with van der Waals surface area (Å²) in [7, 11) is -3.87. The van der Waals surface area contributed by atoms with E-state index in [1.54, 1.807) is 24.3 Å². The van der Waals surface area contributed by atoms with Crippen molar-refractivity contribution in [1.82, 2.24) is 5.32 Å². The molecule has 1 aliphatic carbocycles. The number of anilines is 1. The predicted molar refractivity (Wildman–Crippen MR) is 121 cm³/mol. The summed E-state index contributed by atoms with van der Waals surface area (Å²) in [6, 6.07) is 12.5. The van der Waals surface area contributed by atoms with Gasteiger partial charge in [-0.15, -0.1) is 0 Å². The quantitative estimate of drug-likeness (QED) is 0.681. The second-order valence-electron chi connectivity index (χ2n) is 8.43. The van der Waals surface area contributed by atoms with Gasteiger partial charge in [-0.1, -0.05) is 49.4 Å². The first kappa shape index (κ1) is 22.3. The average Bonchev–Trinajstić information content (AvgIpc) is 2.94. The number of carbonyl (C=O) groups excluding carboxylic acids is 1. The monoisotopic (exact) mass is 428 g/mol. The highest BCUT2D eigenvalue weighted by Crippen LogP contribution is 2.26. The fourth-order valence-corrected chi connectivity index (χ4v) is 5.48. The molecule has 5 nitrogen and oxygen atoms in total. The number of sulfonamides is 1. The first-order chi connectivity index (χ1) is 14.3. The van der Waals surface area contributed by atoms with Gasteiger partial charge in [-0.25, -0.2) is 8.42 Å². The Labute approximate surface area is 180 Å². The summed E-state index contributed by atoms with van der Waals surface area (Å²) in [5, 5.41) is 3.08. The van der Waals surface area contributed by atoms with Crippen LogP contribution in [0.5, 0.6) is 0 Å². The number of carbonyl (C=O) groups is 1. The highest BCUT2D eigenvalue weighted by Gasteiger charge is 2.28. The van der Waals surface area contributed by atoms with Crippen LogP contribution in [0, 0.1) is 20.8 Å². The van der Waals surface area contributed by atoms with Gasteiger partial charge in [0, 0.05) is 6.04 Å². The van der Waals surface area contributed by atoms with Gasteiger partial charge in [0.2, 0.25) is 5.91 Å². The van der Waals surface area contributed by atoms with E-state index >= 15 is 0 Å². The third-order valence-electron chi connectivity index (χ3n) is 5.61. The summed E-state index contributed by atoms with van der Waals surface area (Å²) >= 11 is 0. The zero-order valence-corrected chi connectivity index (χ0v) is 19.0. The van der Waals surface area contributed by atoms with Crippen molar-refractivity contribution >= 4 is 21.6 Å². The fraction of sp³-hybridized carbons (Fsp3) is 0.458. The molecular formula is C24H32N2O3S. The Morgan fingerprint density at radius 2 is 1.47 bits per heavy atom. The van der Waals surface area contributed by atoms with Crippen LogP contribution in [-0.2, 0) is 14.8 Å². The fourth-order valence-electron chi connectivity index (χ4n) is 4.07.